The number of nitrogens with zero attached hydrogens (tertiary/aromatic N) is 1. The van der Waals surface area contributed by atoms with Crippen LogP contribution in [-0.2, 0) is 10.0 Å². The summed E-state index contributed by atoms with van der Waals surface area (Å²) < 4.78 is 26.0. The van der Waals surface area contributed by atoms with E-state index in [9.17, 15) is 18.0 Å². The second-order valence-corrected chi connectivity index (χ2v) is 10.9. The molecule has 3 rings (SSSR count). The molecule has 2 aromatic rings. The van der Waals surface area contributed by atoms with Crippen molar-refractivity contribution in [2.75, 3.05) is 23.3 Å². The molecule has 32 heavy (non-hydrogen) atoms. The largest absolute Gasteiger partial charge is 0.385 e. The number of hydrogen-bond donors (Lipinski definition) is 2. The zero-order chi connectivity index (χ0) is 23.5. The standard InChI is InChI=1S/C23H28ClN3O4S/c1-15(2)32(30,31)26-12-6-4-5-11-25-18-8-10-21(16(3)13-18)27-22(28)19-9-7-17(24)14-20(19)23(27)29/h7-10,13-15,25-26H,4-6,11-12H2,1-3H3. The van der Waals surface area contributed by atoms with Crippen LogP contribution in [0.4, 0.5) is 11.4 Å². The molecule has 0 bridgehead atoms. The minimum Gasteiger partial charge on any atom is -0.385 e. The van der Waals surface area contributed by atoms with Crippen LogP contribution >= 0.6 is 11.6 Å². The Bertz CT molecular complexity index is 1130. The van der Waals surface area contributed by atoms with E-state index in [2.05, 4.69) is 10.0 Å². The molecule has 2 aromatic carbocycles. The van der Waals surface area contributed by atoms with E-state index in [1.807, 2.05) is 19.1 Å². The molecular weight excluding hydrogens is 450 g/mol. The highest BCUT2D eigenvalue weighted by Crippen LogP contribution is 2.33. The topological polar surface area (TPSA) is 95.6 Å². The summed E-state index contributed by atoms with van der Waals surface area (Å²) in [5.41, 5.74) is 2.93. The van der Waals surface area contributed by atoms with Crippen LogP contribution in [0.25, 0.3) is 0 Å². The average Bonchev–Trinajstić information content (AvgIpc) is 2.97. The monoisotopic (exact) mass is 477 g/mol. The van der Waals surface area contributed by atoms with Crippen LogP contribution in [0.1, 0.15) is 59.4 Å². The fraction of sp³-hybridized carbons (Fsp3) is 0.391. The van der Waals surface area contributed by atoms with Crippen LogP contribution in [0, 0.1) is 6.92 Å². The van der Waals surface area contributed by atoms with Crippen molar-refractivity contribution in [1.29, 1.82) is 0 Å². The molecule has 0 saturated heterocycles. The third-order valence-electron chi connectivity index (χ3n) is 5.39. The van der Waals surface area contributed by atoms with E-state index < -0.39 is 15.3 Å². The minimum absolute atomic E-state index is 0.319. The van der Waals surface area contributed by atoms with Crippen LogP contribution < -0.4 is 14.9 Å². The number of aryl methyl sites for hydroxylation is 1. The molecule has 0 unspecified atom stereocenters. The van der Waals surface area contributed by atoms with Crippen molar-refractivity contribution < 1.29 is 18.0 Å². The van der Waals surface area contributed by atoms with Crippen molar-refractivity contribution in [3.8, 4) is 0 Å². The van der Waals surface area contributed by atoms with Crippen LogP contribution in [0.5, 0.6) is 0 Å². The summed E-state index contributed by atoms with van der Waals surface area (Å²) in [6, 6.07) is 10.2. The lowest BCUT2D eigenvalue weighted by atomic mass is 10.1. The van der Waals surface area contributed by atoms with Crippen molar-refractivity contribution >= 4 is 44.8 Å². The Morgan fingerprint density at radius 1 is 0.938 bits per heavy atom. The smallest absolute Gasteiger partial charge is 0.266 e. The molecule has 2 amide bonds. The van der Waals surface area contributed by atoms with Crippen molar-refractivity contribution in [3.05, 3.63) is 58.1 Å². The lowest BCUT2D eigenvalue weighted by Gasteiger charge is -2.18. The Morgan fingerprint density at radius 3 is 2.31 bits per heavy atom. The van der Waals surface area contributed by atoms with Crippen LogP contribution in [0.15, 0.2) is 36.4 Å². The molecule has 0 radical (unpaired) electrons. The molecule has 172 valence electrons. The van der Waals surface area contributed by atoms with Gasteiger partial charge in [0.2, 0.25) is 10.0 Å². The molecule has 0 fully saturated rings. The molecule has 1 heterocycles. The SMILES string of the molecule is Cc1cc(NCCCCCNS(=O)(=O)C(C)C)ccc1N1C(=O)c2ccc(Cl)cc2C1=O. The van der Waals surface area contributed by atoms with E-state index in [1.165, 1.54) is 11.0 Å². The third-order valence-corrected chi connectivity index (χ3v) is 7.48. The molecule has 1 aliphatic rings. The van der Waals surface area contributed by atoms with Gasteiger partial charge in [-0.1, -0.05) is 18.0 Å². The summed E-state index contributed by atoms with van der Waals surface area (Å²) in [6.07, 6.45) is 2.56. The van der Waals surface area contributed by atoms with E-state index in [-0.39, 0.29) is 11.8 Å². The number of carbonyl (C=O) groups excluding carboxylic acids is 2. The van der Waals surface area contributed by atoms with Gasteiger partial charge in [0.25, 0.3) is 11.8 Å². The van der Waals surface area contributed by atoms with Gasteiger partial charge in [-0.2, -0.15) is 0 Å². The predicted octanol–water partition coefficient (Wildman–Crippen LogP) is 4.36. The summed E-state index contributed by atoms with van der Waals surface area (Å²) in [5, 5.41) is 3.33. The number of fused-ring (bicyclic) bond motifs is 1. The first kappa shape index (κ1) is 24.2. The van der Waals surface area contributed by atoms with Crippen LogP contribution in [0.3, 0.4) is 0 Å². The Balaban J connectivity index is 1.52. The van der Waals surface area contributed by atoms with E-state index in [0.717, 1.165) is 37.1 Å². The van der Waals surface area contributed by atoms with Crippen LogP contribution in [-0.4, -0.2) is 38.6 Å². The maximum Gasteiger partial charge on any atom is 0.266 e. The number of carbonyl (C=O) groups is 2. The van der Waals surface area contributed by atoms with Gasteiger partial charge in [-0.05, 0) is 75.6 Å². The van der Waals surface area contributed by atoms with E-state index in [1.54, 1.807) is 32.0 Å². The Morgan fingerprint density at radius 2 is 1.62 bits per heavy atom. The molecule has 1 aliphatic heterocycles. The number of imide groups is 1. The van der Waals surface area contributed by atoms with Gasteiger partial charge in [-0.25, -0.2) is 18.0 Å². The molecule has 2 N–H and O–H groups in total. The highest BCUT2D eigenvalue weighted by atomic mass is 35.5. The van der Waals surface area contributed by atoms with Gasteiger partial charge in [0.1, 0.15) is 0 Å². The second kappa shape index (κ2) is 10.0. The molecule has 7 nitrogen and oxygen atoms in total. The Kier molecular flexibility index (Phi) is 7.59. The highest BCUT2D eigenvalue weighted by molar-refractivity contribution is 7.90. The zero-order valence-electron chi connectivity index (χ0n) is 18.4. The number of halogens is 1. The van der Waals surface area contributed by atoms with Gasteiger partial charge in [0, 0.05) is 23.8 Å². The van der Waals surface area contributed by atoms with Gasteiger partial charge in [0.15, 0.2) is 0 Å². The number of benzene rings is 2. The first-order valence-corrected chi connectivity index (χ1v) is 12.6. The first-order valence-electron chi connectivity index (χ1n) is 10.6. The highest BCUT2D eigenvalue weighted by Gasteiger charge is 2.37. The lowest BCUT2D eigenvalue weighted by Crippen LogP contribution is -2.31. The van der Waals surface area contributed by atoms with Gasteiger partial charge >= 0.3 is 0 Å². The number of nitrogens with one attached hydrogen (secondary N) is 2. The average molecular weight is 478 g/mol. The van der Waals surface area contributed by atoms with Gasteiger partial charge < -0.3 is 5.32 Å². The minimum atomic E-state index is -3.20. The fourth-order valence-electron chi connectivity index (χ4n) is 3.49. The summed E-state index contributed by atoms with van der Waals surface area (Å²) in [5.74, 6) is -0.719. The van der Waals surface area contributed by atoms with E-state index in [4.69, 9.17) is 11.6 Å². The number of sulfonamides is 1. The second-order valence-electron chi connectivity index (χ2n) is 8.11. The van der Waals surface area contributed by atoms with Crippen molar-refractivity contribution in [1.82, 2.24) is 4.72 Å². The normalized spacial score (nSPS) is 13.7. The first-order chi connectivity index (χ1) is 15.1. The zero-order valence-corrected chi connectivity index (χ0v) is 20.0. The molecular formula is C23H28ClN3O4S. The number of unbranched alkanes of at least 4 members (excludes halogenated alkanes) is 2. The number of hydrogen-bond acceptors (Lipinski definition) is 5. The maximum absolute atomic E-state index is 12.8. The lowest BCUT2D eigenvalue weighted by molar-refractivity contribution is 0.0926. The molecule has 9 heteroatoms. The summed E-state index contributed by atoms with van der Waals surface area (Å²) >= 11 is 5.98. The van der Waals surface area contributed by atoms with Crippen molar-refractivity contribution in [3.63, 3.8) is 0 Å². The number of anilines is 2. The molecule has 0 spiro atoms. The van der Waals surface area contributed by atoms with E-state index in [0.29, 0.717) is 28.4 Å². The molecule has 0 saturated carbocycles. The van der Waals surface area contributed by atoms with Crippen LogP contribution in [0.2, 0.25) is 5.02 Å². The van der Waals surface area contributed by atoms with Crippen molar-refractivity contribution in [2.45, 2.75) is 45.3 Å². The fourth-order valence-corrected chi connectivity index (χ4v) is 4.42. The summed E-state index contributed by atoms with van der Waals surface area (Å²) in [4.78, 5) is 26.7. The van der Waals surface area contributed by atoms with E-state index >= 15 is 0 Å². The molecule has 0 aliphatic carbocycles. The summed E-state index contributed by atoms with van der Waals surface area (Å²) in [7, 11) is -3.20. The maximum atomic E-state index is 12.8. The number of amides is 2. The Labute approximate surface area is 194 Å². The van der Waals surface area contributed by atoms with Gasteiger partial charge in [0.05, 0.1) is 22.1 Å². The quantitative estimate of drug-likeness (QED) is 0.391. The third kappa shape index (κ3) is 5.31. The van der Waals surface area contributed by atoms with Gasteiger partial charge in [-0.3, -0.25) is 9.59 Å². The molecule has 0 atom stereocenters. The molecule has 0 aromatic heterocycles. The summed E-state index contributed by atoms with van der Waals surface area (Å²) in [6.45, 7) is 6.35. The number of rotatable bonds is 10. The predicted molar refractivity (Wildman–Crippen MR) is 128 cm³/mol. The Hall–Kier alpha value is -2.42. The van der Waals surface area contributed by atoms with Crippen molar-refractivity contribution in [2.24, 2.45) is 0 Å². The van der Waals surface area contributed by atoms with Gasteiger partial charge in [-0.15, -0.1) is 0 Å².